The standard InChI is InChI=1S/C21H21N7O2/c1-12-4-3-8-28-15(12)10-14(26-28)17-16-13(22-11-23-16)5-9-27(17)19(29)18-24-25-20(30-18)21(2)6-7-21/h3-4,8,10-11,17H,5-7,9H2,1-2H3,(H,22,23)/t17-/m1/s1. The third-order valence-corrected chi connectivity index (χ3v) is 6.32. The van der Waals surface area contributed by atoms with E-state index in [2.05, 4.69) is 27.1 Å². The van der Waals surface area contributed by atoms with Crippen LogP contribution in [0.2, 0.25) is 0 Å². The summed E-state index contributed by atoms with van der Waals surface area (Å²) in [7, 11) is 0. The lowest BCUT2D eigenvalue weighted by atomic mass is 9.99. The van der Waals surface area contributed by atoms with Crippen LogP contribution in [0.25, 0.3) is 5.52 Å². The van der Waals surface area contributed by atoms with Crippen molar-refractivity contribution in [1.29, 1.82) is 0 Å². The van der Waals surface area contributed by atoms with Crippen LogP contribution >= 0.6 is 0 Å². The Kier molecular flexibility index (Phi) is 3.48. The van der Waals surface area contributed by atoms with Gasteiger partial charge in [0.1, 0.15) is 6.04 Å². The van der Waals surface area contributed by atoms with Gasteiger partial charge in [0.2, 0.25) is 5.89 Å². The number of amides is 1. The predicted molar refractivity (Wildman–Crippen MR) is 106 cm³/mol. The van der Waals surface area contributed by atoms with Gasteiger partial charge in [-0.2, -0.15) is 5.10 Å². The molecule has 30 heavy (non-hydrogen) atoms. The van der Waals surface area contributed by atoms with E-state index < -0.39 is 6.04 Å². The van der Waals surface area contributed by atoms with Gasteiger partial charge in [-0.25, -0.2) is 9.50 Å². The van der Waals surface area contributed by atoms with Crippen molar-refractivity contribution in [3.05, 3.63) is 65.1 Å². The third kappa shape index (κ3) is 2.51. The van der Waals surface area contributed by atoms with Gasteiger partial charge in [-0.1, -0.05) is 13.0 Å². The molecule has 152 valence electrons. The average molecular weight is 403 g/mol. The van der Waals surface area contributed by atoms with Crippen LogP contribution in [0, 0.1) is 6.92 Å². The van der Waals surface area contributed by atoms with Crippen LogP contribution in [0.15, 0.2) is 35.1 Å². The smallest absolute Gasteiger partial charge is 0.312 e. The number of carbonyl (C=O) groups excluding carboxylic acids is 1. The fraction of sp³-hybridized carbons (Fsp3) is 0.381. The van der Waals surface area contributed by atoms with Gasteiger partial charge in [0.15, 0.2) is 0 Å². The van der Waals surface area contributed by atoms with Crippen LogP contribution in [0.1, 0.15) is 65.0 Å². The zero-order valence-corrected chi connectivity index (χ0v) is 16.8. The van der Waals surface area contributed by atoms with Crippen molar-refractivity contribution >= 4 is 11.4 Å². The number of aromatic nitrogens is 6. The molecule has 1 atom stereocenters. The first-order valence-electron chi connectivity index (χ1n) is 10.2. The number of pyridine rings is 1. The number of aromatic amines is 1. The van der Waals surface area contributed by atoms with E-state index in [1.165, 1.54) is 0 Å². The van der Waals surface area contributed by atoms with Gasteiger partial charge in [-0.3, -0.25) is 4.79 Å². The molecule has 0 unspecified atom stereocenters. The van der Waals surface area contributed by atoms with Gasteiger partial charge < -0.3 is 14.3 Å². The summed E-state index contributed by atoms with van der Waals surface area (Å²) in [5.41, 5.74) is 4.63. The Morgan fingerprint density at radius 1 is 1.33 bits per heavy atom. The van der Waals surface area contributed by atoms with E-state index in [0.29, 0.717) is 18.9 Å². The lowest BCUT2D eigenvalue weighted by Crippen LogP contribution is -2.41. The number of nitrogens with one attached hydrogen (secondary N) is 1. The number of aryl methyl sites for hydroxylation is 1. The molecule has 0 radical (unpaired) electrons. The molecule has 0 spiro atoms. The second-order valence-corrected chi connectivity index (χ2v) is 8.48. The van der Waals surface area contributed by atoms with Gasteiger partial charge in [-0.05, 0) is 37.5 Å². The quantitative estimate of drug-likeness (QED) is 0.564. The second-order valence-electron chi connectivity index (χ2n) is 8.48. The van der Waals surface area contributed by atoms with E-state index in [0.717, 1.165) is 41.0 Å². The molecule has 0 aromatic carbocycles. The molecule has 1 fully saturated rings. The third-order valence-electron chi connectivity index (χ3n) is 6.32. The van der Waals surface area contributed by atoms with Gasteiger partial charge >= 0.3 is 11.8 Å². The van der Waals surface area contributed by atoms with Crippen molar-refractivity contribution in [2.45, 2.75) is 44.6 Å². The first kappa shape index (κ1) is 17.4. The number of hydrogen-bond donors (Lipinski definition) is 1. The van der Waals surface area contributed by atoms with Gasteiger partial charge in [-0.15, -0.1) is 10.2 Å². The number of imidazole rings is 1. The zero-order valence-electron chi connectivity index (χ0n) is 16.8. The van der Waals surface area contributed by atoms with Crippen LogP contribution in [-0.4, -0.2) is 47.1 Å². The number of H-pyrrole nitrogens is 1. The minimum atomic E-state index is -0.418. The Morgan fingerprint density at radius 2 is 2.20 bits per heavy atom. The molecule has 1 N–H and O–H groups in total. The van der Waals surface area contributed by atoms with Crippen molar-refractivity contribution in [3.63, 3.8) is 0 Å². The molecule has 9 heteroatoms. The molecule has 4 aromatic rings. The highest BCUT2D eigenvalue weighted by molar-refractivity contribution is 5.90. The minimum Gasteiger partial charge on any atom is -0.416 e. The summed E-state index contributed by atoms with van der Waals surface area (Å²) < 4.78 is 7.63. The van der Waals surface area contributed by atoms with Crippen LogP contribution in [0.3, 0.4) is 0 Å². The molecule has 4 aromatic heterocycles. The molecule has 1 amide bonds. The molecule has 1 aliphatic heterocycles. The van der Waals surface area contributed by atoms with E-state index >= 15 is 0 Å². The predicted octanol–water partition coefficient (Wildman–Crippen LogP) is 2.59. The summed E-state index contributed by atoms with van der Waals surface area (Å²) in [6, 6.07) is 5.61. The van der Waals surface area contributed by atoms with Crippen molar-refractivity contribution in [2.24, 2.45) is 0 Å². The highest BCUT2D eigenvalue weighted by Gasteiger charge is 2.45. The van der Waals surface area contributed by atoms with Gasteiger partial charge in [0.05, 0.1) is 23.2 Å². The number of rotatable bonds is 3. The molecule has 5 heterocycles. The highest BCUT2D eigenvalue weighted by Crippen LogP contribution is 2.47. The number of fused-ring (bicyclic) bond motifs is 2. The maximum absolute atomic E-state index is 13.4. The summed E-state index contributed by atoms with van der Waals surface area (Å²) in [6.45, 7) is 4.64. The summed E-state index contributed by atoms with van der Waals surface area (Å²) >= 11 is 0. The summed E-state index contributed by atoms with van der Waals surface area (Å²) in [4.78, 5) is 22.9. The van der Waals surface area contributed by atoms with E-state index in [9.17, 15) is 4.79 Å². The maximum atomic E-state index is 13.4. The largest absolute Gasteiger partial charge is 0.416 e. The Bertz CT molecular complexity index is 1280. The SMILES string of the molecule is Cc1cccn2nc([C@@H]3c4nc[nH]c4CCN3C(=O)c3nnc(C4(C)CC4)o3)cc12. The van der Waals surface area contributed by atoms with E-state index in [4.69, 9.17) is 9.52 Å². The number of hydrogen-bond acceptors (Lipinski definition) is 6. The molecule has 0 bridgehead atoms. The molecule has 2 aliphatic rings. The lowest BCUT2D eigenvalue weighted by Gasteiger charge is -2.32. The zero-order chi connectivity index (χ0) is 20.5. The Hall–Kier alpha value is -3.49. The van der Waals surface area contributed by atoms with Gasteiger partial charge in [0.25, 0.3) is 0 Å². The Labute approximate surface area is 172 Å². The van der Waals surface area contributed by atoms with E-state index in [1.54, 1.807) is 11.2 Å². The van der Waals surface area contributed by atoms with Crippen molar-refractivity contribution in [2.75, 3.05) is 6.54 Å². The highest BCUT2D eigenvalue weighted by atomic mass is 16.4. The maximum Gasteiger partial charge on any atom is 0.312 e. The van der Waals surface area contributed by atoms with Crippen LogP contribution in [0.5, 0.6) is 0 Å². The molecule has 9 nitrogen and oxygen atoms in total. The fourth-order valence-electron chi connectivity index (χ4n) is 4.18. The number of carbonyl (C=O) groups is 1. The molecular formula is C21H21N7O2. The van der Waals surface area contributed by atoms with Crippen LogP contribution in [-0.2, 0) is 11.8 Å². The van der Waals surface area contributed by atoms with Crippen molar-refractivity contribution in [1.82, 2.24) is 34.7 Å². The second kappa shape index (κ2) is 6.01. The summed E-state index contributed by atoms with van der Waals surface area (Å²) in [5.74, 6) is 0.288. The van der Waals surface area contributed by atoms with Crippen molar-refractivity contribution < 1.29 is 9.21 Å². The van der Waals surface area contributed by atoms with Crippen LogP contribution < -0.4 is 0 Å². The lowest BCUT2D eigenvalue weighted by molar-refractivity contribution is 0.0643. The number of nitrogens with zero attached hydrogens (tertiary/aromatic N) is 6. The topological polar surface area (TPSA) is 105 Å². The fourth-order valence-corrected chi connectivity index (χ4v) is 4.18. The molecular weight excluding hydrogens is 382 g/mol. The molecule has 0 saturated heterocycles. The first-order valence-corrected chi connectivity index (χ1v) is 10.2. The molecule has 1 saturated carbocycles. The van der Waals surface area contributed by atoms with E-state index in [-0.39, 0.29) is 17.2 Å². The Balaban J connectivity index is 1.43. The Morgan fingerprint density at radius 3 is 3.00 bits per heavy atom. The summed E-state index contributed by atoms with van der Waals surface area (Å²) in [5, 5.41) is 13.0. The van der Waals surface area contributed by atoms with Crippen molar-refractivity contribution in [3.8, 4) is 0 Å². The van der Waals surface area contributed by atoms with E-state index in [1.807, 2.05) is 35.8 Å². The van der Waals surface area contributed by atoms with Gasteiger partial charge in [0, 0.05) is 30.3 Å². The normalized spacial score (nSPS) is 19.8. The summed E-state index contributed by atoms with van der Waals surface area (Å²) in [6.07, 6.45) is 6.28. The molecule has 1 aliphatic carbocycles. The van der Waals surface area contributed by atoms with Crippen LogP contribution in [0.4, 0.5) is 0 Å². The minimum absolute atomic E-state index is 0.0297. The molecule has 6 rings (SSSR count). The first-order chi connectivity index (χ1) is 14.5. The monoisotopic (exact) mass is 403 g/mol. The average Bonchev–Trinajstić information content (AvgIpc) is 3.21.